The molecule has 0 spiro atoms. The Kier molecular flexibility index (Phi) is 5.52. The minimum Gasteiger partial charge on any atom is -0.393 e. The SMILES string of the molecule is C[C@H](CCc1nccn1C)C1CC[C@@]2(C)C3=C(CCC12C)C1(C)CCC(O)C(C)(C)C1CC3. The molecule has 0 aliphatic heterocycles. The minimum absolute atomic E-state index is 0.0326. The van der Waals surface area contributed by atoms with Gasteiger partial charge >= 0.3 is 0 Å². The monoisotopic (exact) mass is 452 g/mol. The van der Waals surface area contributed by atoms with Crippen LogP contribution >= 0.6 is 0 Å². The summed E-state index contributed by atoms with van der Waals surface area (Å²) in [4.78, 5) is 4.58. The molecule has 2 fully saturated rings. The Morgan fingerprint density at radius 1 is 1.03 bits per heavy atom. The molecule has 5 unspecified atom stereocenters. The molecule has 5 rings (SSSR count). The van der Waals surface area contributed by atoms with Crippen molar-refractivity contribution in [3.05, 3.63) is 29.4 Å². The third-order valence-corrected chi connectivity index (χ3v) is 12.2. The molecule has 4 aliphatic carbocycles. The summed E-state index contributed by atoms with van der Waals surface area (Å²) < 4.78 is 2.19. The highest BCUT2D eigenvalue weighted by atomic mass is 16.3. The Labute approximate surface area is 202 Å². The Morgan fingerprint density at radius 2 is 1.79 bits per heavy atom. The number of nitrogens with zero attached hydrogens (tertiary/aromatic N) is 2. The van der Waals surface area contributed by atoms with Gasteiger partial charge in [0.1, 0.15) is 5.82 Å². The van der Waals surface area contributed by atoms with Crippen LogP contribution in [0.5, 0.6) is 0 Å². The molecule has 4 aliphatic rings. The van der Waals surface area contributed by atoms with E-state index >= 15 is 0 Å². The molecule has 0 radical (unpaired) electrons. The van der Waals surface area contributed by atoms with E-state index in [1.165, 1.54) is 57.2 Å². The average molecular weight is 453 g/mol. The first-order valence-electron chi connectivity index (χ1n) is 13.8. The van der Waals surface area contributed by atoms with E-state index < -0.39 is 0 Å². The molecule has 1 N–H and O–H groups in total. The van der Waals surface area contributed by atoms with Crippen molar-refractivity contribution >= 4 is 0 Å². The predicted octanol–water partition coefficient (Wildman–Crippen LogP) is 7.10. The first kappa shape index (κ1) is 23.6. The van der Waals surface area contributed by atoms with Gasteiger partial charge in [-0.1, -0.05) is 52.7 Å². The van der Waals surface area contributed by atoms with Crippen LogP contribution in [0.2, 0.25) is 0 Å². The van der Waals surface area contributed by atoms with Crippen LogP contribution in [0, 0.1) is 39.4 Å². The lowest BCUT2D eigenvalue weighted by atomic mass is 9.43. The van der Waals surface area contributed by atoms with E-state index in [2.05, 4.69) is 64.3 Å². The molecule has 33 heavy (non-hydrogen) atoms. The van der Waals surface area contributed by atoms with Gasteiger partial charge in [-0.25, -0.2) is 4.98 Å². The second-order valence-electron chi connectivity index (χ2n) is 13.7. The van der Waals surface area contributed by atoms with Crippen LogP contribution in [-0.4, -0.2) is 20.8 Å². The van der Waals surface area contributed by atoms with Gasteiger partial charge < -0.3 is 9.67 Å². The third-order valence-electron chi connectivity index (χ3n) is 12.2. The molecule has 0 amide bonds. The predicted molar refractivity (Wildman–Crippen MR) is 136 cm³/mol. The summed E-state index contributed by atoms with van der Waals surface area (Å²) in [6.07, 6.45) is 16.3. The number of imidazole rings is 1. The lowest BCUT2D eigenvalue weighted by molar-refractivity contribution is -0.0962. The zero-order valence-electron chi connectivity index (χ0n) is 22.4. The molecule has 0 bridgehead atoms. The van der Waals surface area contributed by atoms with E-state index in [0.29, 0.717) is 22.2 Å². The molecule has 1 aromatic heterocycles. The number of fused-ring (bicyclic) bond motifs is 4. The molecule has 0 saturated heterocycles. The Balaban J connectivity index is 1.42. The van der Waals surface area contributed by atoms with Crippen molar-refractivity contribution in [2.45, 2.75) is 112 Å². The lowest BCUT2D eigenvalue weighted by Crippen LogP contribution is -2.55. The van der Waals surface area contributed by atoms with Crippen molar-refractivity contribution in [3.63, 3.8) is 0 Å². The molecule has 1 heterocycles. The third kappa shape index (κ3) is 3.20. The number of allylic oxidation sites excluding steroid dienone is 2. The number of aromatic nitrogens is 2. The highest BCUT2D eigenvalue weighted by Crippen LogP contribution is 2.72. The summed E-state index contributed by atoms with van der Waals surface area (Å²) in [6.45, 7) is 15.1. The smallest absolute Gasteiger partial charge is 0.108 e. The van der Waals surface area contributed by atoms with Crippen molar-refractivity contribution in [1.29, 1.82) is 0 Å². The highest BCUT2D eigenvalue weighted by Gasteiger charge is 2.63. The first-order chi connectivity index (χ1) is 15.4. The van der Waals surface area contributed by atoms with Gasteiger partial charge in [-0.2, -0.15) is 0 Å². The van der Waals surface area contributed by atoms with E-state index in [0.717, 1.165) is 24.7 Å². The van der Waals surface area contributed by atoms with Gasteiger partial charge in [0.15, 0.2) is 0 Å². The van der Waals surface area contributed by atoms with Crippen LogP contribution in [0.25, 0.3) is 0 Å². The van der Waals surface area contributed by atoms with Crippen LogP contribution in [0.3, 0.4) is 0 Å². The molecule has 3 heteroatoms. The molecule has 7 atom stereocenters. The fourth-order valence-corrected chi connectivity index (χ4v) is 9.82. The summed E-state index contributed by atoms with van der Waals surface area (Å²) in [5.74, 6) is 3.41. The topological polar surface area (TPSA) is 38.0 Å². The number of hydrogen-bond acceptors (Lipinski definition) is 2. The van der Waals surface area contributed by atoms with Gasteiger partial charge in [-0.05, 0) is 97.2 Å². The van der Waals surface area contributed by atoms with Gasteiger partial charge in [-0.15, -0.1) is 0 Å². The Hall–Kier alpha value is -1.09. The van der Waals surface area contributed by atoms with Crippen LogP contribution in [-0.2, 0) is 13.5 Å². The van der Waals surface area contributed by atoms with Gasteiger partial charge in [0.05, 0.1) is 6.10 Å². The van der Waals surface area contributed by atoms with E-state index in [1.807, 2.05) is 17.3 Å². The highest BCUT2D eigenvalue weighted by molar-refractivity contribution is 5.38. The van der Waals surface area contributed by atoms with Crippen LogP contribution in [0.15, 0.2) is 23.5 Å². The molecular formula is C30H48N2O. The zero-order chi connectivity index (χ0) is 23.8. The Morgan fingerprint density at radius 3 is 2.48 bits per heavy atom. The van der Waals surface area contributed by atoms with E-state index in [-0.39, 0.29) is 11.5 Å². The number of aliphatic hydroxyl groups excluding tert-OH is 1. The van der Waals surface area contributed by atoms with Crippen molar-refractivity contribution < 1.29 is 5.11 Å². The lowest BCUT2D eigenvalue weighted by Gasteiger charge is -2.62. The van der Waals surface area contributed by atoms with Gasteiger partial charge in [0.25, 0.3) is 0 Å². The molecule has 3 nitrogen and oxygen atoms in total. The average Bonchev–Trinajstić information content (AvgIpc) is 3.29. The number of hydrogen-bond donors (Lipinski definition) is 1. The maximum absolute atomic E-state index is 10.8. The maximum atomic E-state index is 10.8. The number of rotatable bonds is 4. The van der Waals surface area contributed by atoms with Crippen molar-refractivity contribution in [2.75, 3.05) is 0 Å². The number of aryl methyl sites for hydroxylation is 2. The molecule has 2 saturated carbocycles. The van der Waals surface area contributed by atoms with Crippen molar-refractivity contribution in [1.82, 2.24) is 9.55 Å². The van der Waals surface area contributed by atoms with Crippen molar-refractivity contribution in [3.8, 4) is 0 Å². The summed E-state index contributed by atoms with van der Waals surface area (Å²) in [5, 5.41) is 10.8. The summed E-state index contributed by atoms with van der Waals surface area (Å²) >= 11 is 0. The molecule has 1 aromatic rings. The summed E-state index contributed by atoms with van der Waals surface area (Å²) in [7, 11) is 2.12. The first-order valence-corrected chi connectivity index (χ1v) is 13.8. The standard InChI is InChI=1S/C30H48N2O/c1-20(8-11-26-31-18-19-32(26)7)21-12-16-30(6)23-9-10-24-27(2,3)25(33)14-15-28(24,4)22(23)13-17-29(21,30)5/h18-21,24-25,33H,8-17H2,1-7H3/t20-,21?,24?,25?,28?,29?,30+/m1/s1. The fraction of sp³-hybridized carbons (Fsp3) is 0.833. The van der Waals surface area contributed by atoms with Crippen LogP contribution in [0.1, 0.15) is 105 Å². The van der Waals surface area contributed by atoms with E-state index in [9.17, 15) is 5.11 Å². The summed E-state index contributed by atoms with van der Waals surface area (Å²) in [6, 6.07) is 0. The maximum Gasteiger partial charge on any atom is 0.108 e. The van der Waals surface area contributed by atoms with Crippen LogP contribution < -0.4 is 0 Å². The second-order valence-corrected chi connectivity index (χ2v) is 13.7. The minimum atomic E-state index is -0.141. The largest absolute Gasteiger partial charge is 0.393 e. The van der Waals surface area contributed by atoms with Crippen molar-refractivity contribution in [2.24, 2.45) is 46.5 Å². The van der Waals surface area contributed by atoms with Crippen LogP contribution in [0.4, 0.5) is 0 Å². The van der Waals surface area contributed by atoms with Gasteiger partial charge in [0, 0.05) is 25.9 Å². The fourth-order valence-electron chi connectivity index (χ4n) is 9.82. The normalized spacial score (nSPS) is 43.1. The van der Waals surface area contributed by atoms with Gasteiger partial charge in [0.2, 0.25) is 0 Å². The summed E-state index contributed by atoms with van der Waals surface area (Å²) in [5.41, 5.74) is 4.80. The molecule has 184 valence electrons. The van der Waals surface area contributed by atoms with E-state index in [4.69, 9.17) is 0 Å². The zero-order valence-corrected chi connectivity index (χ0v) is 22.4. The number of aliphatic hydroxyl groups is 1. The second kappa shape index (κ2) is 7.70. The quantitative estimate of drug-likeness (QED) is 0.495. The van der Waals surface area contributed by atoms with Gasteiger partial charge in [-0.3, -0.25) is 0 Å². The molecular weight excluding hydrogens is 404 g/mol. The molecule has 0 aromatic carbocycles. The Bertz CT molecular complexity index is 943. The van der Waals surface area contributed by atoms with E-state index in [1.54, 1.807) is 0 Å².